The summed E-state index contributed by atoms with van der Waals surface area (Å²) in [6.45, 7) is 0.741. The van der Waals surface area contributed by atoms with Crippen molar-refractivity contribution in [1.82, 2.24) is 29.4 Å². The highest BCUT2D eigenvalue weighted by atomic mass is 19.1. The van der Waals surface area contributed by atoms with Crippen LogP contribution < -0.4 is 5.56 Å². The van der Waals surface area contributed by atoms with Crippen LogP contribution in [-0.4, -0.2) is 36.5 Å². The molecule has 0 spiro atoms. The molecule has 0 aliphatic carbocycles. The van der Waals surface area contributed by atoms with E-state index >= 15 is 0 Å². The molecule has 35 heavy (non-hydrogen) atoms. The zero-order valence-electron chi connectivity index (χ0n) is 18.9. The van der Waals surface area contributed by atoms with Crippen LogP contribution in [0.15, 0.2) is 71.8 Å². The van der Waals surface area contributed by atoms with E-state index < -0.39 is 0 Å². The van der Waals surface area contributed by atoms with E-state index in [4.69, 9.17) is 4.74 Å². The fourth-order valence-electron chi connectivity index (χ4n) is 4.53. The molecule has 0 unspecified atom stereocenters. The van der Waals surface area contributed by atoms with Gasteiger partial charge in [-0.1, -0.05) is 30.3 Å². The summed E-state index contributed by atoms with van der Waals surface area (Å²) in [5, 5.41) is 14.4. The Morgan fingerprint density at radius 3 is 2.71 bits per heavy atom. The summed E-state index contributed by atoms with van der Waals surface area (Å²) in [5.74, 6) is -0.330. The van der Waals surface area contributed by atoms with Crippen molar-refractivity contribution in [2.24, 2.45) is 0 Å². The molecule has 4 heterocycles. The van der Waals surface area contributed by atoms with Gasteiger partial charge < -0.3 is 14.3 Å². The maximum absolute atomic E-state index is 13.5. The van der Waals surface area contributed by atoms with Crippen molar-refractivity contribution in [1.29, 1.82) is 0 Å². The van der Waals surface area contributed by atoms with Gasteiger partial charge in [0.25, 0.3) is 5.56 Å². The molecule has 9 heteroatoms. The van der Waals surface area contributed by atoms with E-state index in [1.165, 1.54) is 12.1 Å². The summed E-state index contributed by atoms with van der Waals surface area (Å²) in [4.78, 5) is 16.5. The second-order valence-electron chi connectivity index (χ2n) is 8.35. The summed E-state index contributed by atoms with van der Waals surface area (Å²) in [7, 11) is 1.58. The first kappa shape index (κ1) is 21.2. The lowest BCUT2D eigenvalue weighted by molar-refractivity contribution is 0.181. The van der Waals surface area contributed by atoms with Crippen molar-refractivity contribution >= 4 is 27.6 Å². The van der Waals surface area contributed by atoms with Crippen molar-refractivity contribution in [3.8, 4) is 11.1 Å². The minimum Gasteiger partial charge on any atom is -0.378 e. The van der Waals surface area contributed by atoms with E-state index in [9.17, 15) is 9.18 Å². The van der Waals surface area contributed by atoms with E-state index in [1.54, 1.807) is 34.5 Å². The highest BCUT2D eigenvalue weighted by Crippen LogP contribution is 2.29. The third-order valence-corrected chi connectivity index (χ3v) is 6.24. The van der Waals surface area contributed by atoms with Crippen LogP contribution in [0.2, 0.25) is 0 Å². The number of aryl methyl sites for hydroxylation is 2. The summed E-state index contributed by atoms with van der Waals surface area (Å²) >= 11 is 0. The quantitative estimate of drug-likeness (QED) is 0.397. The van der Waals surface area contributed by atoms with Crippen LogP contribution in [0.4, 0.5) is 4.39 Å². The largest absolute Gasteiger partial charge is 0.378 e. The van der Waals surface area contributed by atoms with Crippen LogP contribution in [0.3, 0.4) is 0 Å². The predicted octanol–water partition coefficient (Wildman–Crippen LogP) is 4.12. The molecule has 1 N–H and O–H groups in total. The fraction of sp³-hybridized carbons (Fsp3) is 0.154. The van der Waals surface area contributed by atoms with Gasteiger partial charge in [0.2, 0.25) is 0 Å². The third kappa shape index (κ3) is 3.57. The number of aromatic amines is 1. The first-order chi connectivity index (χ1) is 17.1. The Kier molecular flexibility index (Phi) is 5.11. The van der Waals surface area contributed by atoms with E-state index in [0.717, 1.165) is 22.0 Å². The molecule has 0 fully saturated rings. The molecule has 0 saturated heterocycles. The maximum atomic E-state index is 13.5. The van der Waals surface area contributed by atoms with Crippen LogP contribution in [0, 0.1) is 5.82 Å². The molecule has 4 aromatic heterocycles. The van der Waals surface area contributed by atoms with E-state index in [0.29, 0.717) is 35.4 Å². The lowest BCUT2D eigenvalue weighted by Crippen LogP contribution is -2.22. The highest BCUT2D eigenvalue weighted by Gasteiger charge is 2.20. The standard InChI is InChI=1S/C26H21FN6O2/c1-35-15-21-23(16-6-8-18(27)9-7-16)25-30-29-24-22(33(25)31-21)11-13-32(26(24)34)12-10-17-14-28-20-5-3-2-4-19(17)20/h2-9,11,13-14,28H,10,12,15H2,1H3. The summed E-state index contributed by atoms with van der Waals surface area (Å²) in [6.07, 6.45) is 4.44. The van der Waals surface area contributed by atoms with Crippen molar-refractivity contribution in [3.63, 3.8) is 0 Å². The lowest BCUT2D eigenvalue weighted by Gasteiger charge is -2.07. The van der Waals surface area contributed by atoms with Gasteiger partial charge in [-0.25, -0.2) is 8.91 Å². The molecule has 0 aliphatic rings. The van der Waals surface area contributed by atoms with Crippen molar-refractivity contribution in [2.75, 3.05) is 7.11 Å². The Balaban J connectivity index is 1.42. The summed E-state index contributed by atoms with van der Waals surface area (Å²) in [6, 6.07) is 16.0. The smallest absolute Gasteiger partial charge is 0.280 e. The predicted molar refractivity (Wildman–Crippen MR) is 131 cm³/mol. The number of rotatable bonds is 6. The number of pyridine rings is 1. The van der Waals surface area contributed by atoms with Crippen molar-refractivity contribution in [3.05, 3.63) is 94.4 Å². The zero-order valence-corrected chi connectivity index (χ0v) is 18.9. The van der Waals surface area contributed by atoms with Crippen molar-refractivity contribution < 1.29 is 9.13 Å². The number of hydrogen-bond acceptors (Lipinski definition) is 5. The molecule has 8 nitrogen and oxygen atoms in total. The number of aromatic nitrogens is 6. The maximum Gasteiger partial charge on any atom is 0.280 e. The molecular weight excluding hydrogens is 447 g/mol. The van der Waals surface area contributed by atoms with Gasteiger partial charge >= 0.3 is 0 Å². The normalized spacial score (nSPS) is 11.7. The number of ether oxygens (including phenoxy) is 1. The highest BCUT2D eigenvalue weighted by molar-refractivity contribution is 5.85. The van der Waals surface area contributed by atoms with E-state index in [1.807, 2.05) is 30.5 Å². The van der Waals surface area contributed by atoms with E-state index in [-0.39, 0.29) is 23.5 Å². The van der Waals surface area contributed by atoms with Gasteiger partial charge in [0.05, 0.1) is 17.9 Å². The minimum atomic E-state index is -0.330. The Morgan fingerprint density at radius 1 is 1.06 bits per heavy atom. The van der Waals surface area contributed by atoms with Crippen LogP contribution in [0.25, 0.3) is 38.7 Å². The molecule has 0 saturated carbocycles. The Hall–Kier alpha value is -4.37. The molecule has 0 bridgehead atoms. The number of nitrogens with zero attached hydrogens (tertiary/aromatic N) is 5. The number of fused-ring (bicyclic) bond motifs is 4. The first-order valence-corrected chi connectivity index (χ1v) is 11.2. The average Bonchev–Trinajstić information content (AvgIpc) is 3.46. The molecule has 0 amide bonds. The SMILES string of the molecule is COCc1nn2c(nnc3c(=O)n(CCc4c[nH]c5ccccc45)ccc32)c1-c1ccc(F)cc1. The number of methoxy groups -OCH3 is 1. The zero-order chi connectivity index (χ0) is 23.9. The van der Waals surface area contributed by atoms with Gasteiger partial charge in [0.1, 0.15) is 11.3 Å². The monoisotopic (exact) mass is 468 g/mol. The number of nitrogens with one attached hydrogen (secondary N) is 1. The molecule has 0 radical (unpaired) electrons. The number of hydrogen-bond donors (Lipinski definition) is 1. The van der Waals surface area contributed by atoms with Crippen LogP contribution in [0.5, 0.6) is 0 Å². The molecule has 6 rings (SSSR count). The van der Waals surface area contributed by atoms with Gasteiger partial charge in [-0.3, -0.25) is 4.79 Å². The number of benzene rings is 2. The van der Waals surface area contributed by atoms with Gasteiger partial charge in [0, 0.05) is 37.0 Å². The van der Waals surface area contributed by atoms with E-state index in [2.05, 4.69) is 26.3 Å². The van der Waals surface area contributed by atoms with Gasteiger partial charge in [0.15, 0.2) is 11.2 Å². The molecule has 174 valence electrons. The molecule has 2 aromatic carbocycles. The fourth-order valence-corrected chi connectivity index (χ4v) is 4.53. The molecule has 0 aliphatic heterocycles. The second-order valence-corrected chi connectivity index (χ2v) is 8.35. The topological polar surface area (TPSA) is 90.1 Å². The Bertz CT molecular complexity index is 1750. The lowest BCUT2D eigenvalue weighted by atomic mass is 10.1. The Morgan fingerprint density at radius 2 is 1.89 bits per heavy atom. The Labute approximate surface area is 198 Å². The molecule has 0 atom stereocenters. The summed E-state index contributed by atoms with van der Waals surface area (Å²) < 4.78 is 22.1. The molecule has 6 aromatic rings. The molecular formula is C26H21FN6O2. The minimum absolute atomic E-state index is 0.232. The van der Waals surface area contributed by atoms with Crippen molar-refractivity contribution in [2.45, 2.75) is 19.6 Å². The summed E-state index contributed by atoms with van der Waals surface area (Å²) in [5.41, 5.74) is 5.32. The second kappa shape index (κ2) is 8.44. The van der Waals surface area contributed by atoms with Gasteiger partial charge in [-0.2, -0.15) is 5.10 Å². The number of para-hydroxylation sites is 1. The number of H-pyrrole nitrogens is 1. The average molecular weight is 468 g/mol. The van der Waals surface area contributed by atoms with Crippen LogP contribution in [-0.2, 0) is 24.3 Å². The van der Waals surface area contributed by atoms with Gasteiger partial charge in [-0.15, -0.1) is 10.2 Å². The third-order valence-electron chi connectivity index (χ3n) is 6.24. The number of halogens is 1. The van der Waals surface area contributed by atoms with Crippen LogP contribution >= 0.6 is 0 Å². The first-order valence-electron chi connectivity index (χ1n) is 11.2. The van der Waals surface area contributed by atoms with Gasteiger partial charge in [-0.05, 0) is 41.8 Å². The van der Waals surface area contributed by atoms with Crippen LogP contribution in [0.1, 0.15) is 11.3 Å².